The normalized spacial score (nSPS) is 13.2. The third-order valence-electron chi connectivity index (χ3n) is 5.66. The van der Waals surface area contributed by atoms with Crippen molar-refractivity contribution in [3.05, 3.63) is 99.5 Å². The average Bonchev–Trinajstić information content (AvgIpc) is 3.17. The van der Waals surface area contributed by atoms with Gasteiger partial charge in [0, 0.05) is 40.4 Å². The van der Waals surface area contributed by atoms with Crippen LogP contribution in [0.3, 0.4) is 0 Å². The van der Waals surface area contributed by atoms with Gasteiger partial charge in [-0.05, 0) is 62.2 Å². The van der Waals surface area contributed by atoms with Gasteiger partial charge in [0.25, 0.3) is 5.91 Å². The van der Waals surface area contributed by atoms with Crippen molar-refractivity contribution in [1.82, 2.24) is 15.3 Å². The van der Waals surface area contributed by atoms with E-state index in [1.807, 2.05) is 57.2 Å². The summed E-state index contributed by atoms with van der Waals surface area (Å²) in [7, 11) is -0.506. The predicted molar refractivity (Wildman–Crippen MR) is 130 cm³/mol. The Kier molecular flexibility index (Phi) is 6.61. The number of pyridine rings is 1. The van der Waals surface area contributed by atoms with Gasteiger partial charge < -0.3 is 10.3 Å². The molecule has 0 spiro atoms. The maximum Gasteiger partial charge on any atom is 0.328 e. The molecule has 6 nitrogen and oxygen atoms in total. The number of aromatic amines is 1. The lowest BCUT2D eigenvalue weighted by molar-refractivity contribution is 0.0934. The summed E-state index contributed by atoms with van der Waals surface area (Å²) in [6, 6.07) is 15.0. The maximum absolute atomic E-state index is 13.4. The number of rotatable bonds is 7. The SMILES string of the molecule is Cc1cc(C)cc(C(C)(OP=O)c2c(C(=O)NCc3ccncc3)[nH]c3ccc(Cl)cc23)c1. The number of benzene rings is 2. The summed E-state index contributed by atoms with van der Waals surface area (Å²) < 4.78 is 17.6. The number of hydrogen-bond acceptors (Lipinski definition) is 4. The number of nitrogens with one attached hydrogen (secondary N) is 2. The first-order valence-corrected chi connectivity index (χ1v) is 11.5. The zero-order valence-corrected chi connectivity index (χ0v) is 20.1. The van der Waals surface area contributed by atoms with E-state index in [1.54, 1.807) is 24.5 Å². The van der Waals surface area contributed by atoms with Crippen molar-refractivity contribution in [1.29, 1.82) is 0 Å². The highest BCUT2D eigenvalue weighted by Crippen LogP contribution is 2.43. The summed E-state index contributed by atoms with van der Waals surface area (Å²) >= 11 is 6.32. The summed E-state index contributed by atoms with van der Waals surface area (Å²) in [5.74, 6) is -0.309. The molecule has 2 N–H and O–H groups in total. The molecule has 0 aliphatic carbocycles. The van der Waals surface area contributed by atoms with Crippen molar-refractivity contribution in [2.45, 2.75) is 32.9 Å². The number of nitrogens with zero attached hydrogens (tertiary/aromatic N) is 1. The lowest BCUT2D eigenvalue weighted by atomic mass is 9.84. The van der Waals surface area contributed by atoms with Gasteiger partial charge in [0.1, 0.15) is 11.3 Å². The van der Waals surface area contributed by atoms with Gasteiger partial charge in [-0.1, -0.05) is 40.9 Å². The molecule has 2 heterocycles. The molecule has 0 bridgehead atoms. The first-order valence-electron chi connectivity index (χ1n) is 10.4. The molecule has 1 atom stereocenters. The Morgan fingerprint density at radius 1 is 1.12 bits per heavy atom. The Morgan fingerprint density at radius 3 is 2.48 bits per heavy atom. The van der Waals surface area contributed by atoms with Crippen LogP contribution in [0, 0.1) is 13.8 Å². The zero-order valence-electron chi connectivity index (χ0n) is 18.5. The number of hydrogen-bond donors (Lipinski definition) is 2. The van der Waals surface area contributed by atoms with Gasteiger partial charge in [-0.2, -0.15) is 0 Å². The van der Waals surface area contributed by atoms with Crippen LogP contribution in [-0.2, 0) is 21.2 Å². The molecule has 0 saturated carbocycles. The molecule has 1 unspecified atom stereocenters. The van der Waals surface area contributed by atoms with Crippen molar-refractivity contribution >= 4 is 37.1 Å². The van der Waals surface area contributed by atoms with Crippen molar-refractivity contribution in [2.24, 2.45) is 0 Å². The highest BCUT2D eigenvalue weighted by Gasteiger charge is 2.38. The molecule has 2 aromatic heterocycles. The molecule has 0 aliphatic rings. The van der Waals surface area contributed by atoms with Crippen molar-refractivity contribution in [3.8, 4) is 0 Å². The molecule has 33 heavy (non-hydrogen) atoms. The summed E-state index contributed by atoms with van der Waals surface area (Å²) in [5.41, 5.74) is 4.20. The molecule has 4 rings (SSSR count). The topological polar surface area (TPSA) is 84.1 Å². The van der Waals surface area contributed by atoms with Gasteiger partial charge >= 0.3 is 8.69 Å². The van der Waals surface area contributed by atoms with Gasteiger partial charge in [-0.3, -0.25) is 14.3 Å². The Bertz CT molecular complexity index is 1320. The fourth-order valence-electron chi connectivity index (χ4n) is 4.17. The third kappa shape index (κ3) is 4.69. The van der Waals surface area contributed by atoms with E-state index in [0.717, 1.165) is 33.2 Å². The minimum Gasteiger partial charge on any atom is -0.350 e. The molecule has 8 heteroatoms. The highest BCUT2D eigenvalue weighted by atomic mass is 35.5. The van der Waals surface area contributed by atoms with Crippen LogP contribution in [-0.4, -0.2) is 15.9 Å². The molecule has 0 fully saturated rings. The summed E-state index contributed by atoms with van der Waals surface area (Å²) in [4.78, 5) is 20.6. The molecule has 168 valence electrons. The van der Waals surface area contributed by atoms with Crippen LogP contribution in [0.25, 0.3) is 10.9 Å². The quantitative estimate of drug-likeness (QED) is 0.307. The van der Waals surface area contributed by atoms with E-state index in [1.165, 1.54) is 0 Å². The van der Waals surface area contributed by atoms with Crippen LogP contribution in [0.4, 0.5) is 0 Å². The van der Waals surface area contributed by atoms with Crippen LogP contribution in [0.15, 0.2) is 60.9 Å². The lowest BCUT2D eigenvalue weighted by Crippen LogP contribution is -2.30. The first-order chi connectivity index (χ1) is 15.8. The van der Waals surface area contributed by atoms with Crippen LogP contribution in [0.5, 0.6) is 0 Å². The first kappa shape index (κ1) is 23.1. The Hall–Kier alpha value is -3.05. The second kappa shape index (κ2) is 9.44. The fraction of sp³-hybridized carbons (Fsp3) is 0.200. The van der Waals surface area contributed by atoms with E-state index in [4.69, 9.17) is 16.1 Å². The zero-order chi connectivity index (χ0) is 23.6. The second-order valence-corrected chi connectivity index (χ2v) is 8.95. The highest BCUT2D eigenvalue weighted by molar-refractivity contribution is 7.17. The summed E-state index contributed by atoms with van der Waals surface area (Å²) in [5, 5.41) is 4.20. The van der Waals surface area contributed by atoms with Gasteiger partial charge in [0.15, 0.2) is 0 Å². The van der Waals surface area contributed by atoms with E-state index in [-0.39, 0.29) is 5.91 Å². The van der Waals surface area contributed by atoms with E-state index in [0.29, 0.717) is 22.8 Å². The molecule has 1 amide bonds. The molecule has 0 saturated heterocycles. The molecule has 4 aromatic rings. The molecule has 0 radical (unpaired) electrons. The van der Waals surface area contributed by atoms with E-state index in [2.05, 4.69) is 15.3 Å². The average molecular weight is 480 g/mol. The van der Waals surface area contributed by atoms with E-state index >= 15 is 0 Å². The standard InChI is InChI=1S/C25H23ClN3O3P/c1-15-10-16(2)12-18(11-15)25(3,32-33-31)22-20-13-19(26)4-5-21(20)29-23(22)24(30)28-14-17-6-8-27-9-7-17/h4-13,29H,14H2,1-3H3,(H,28,30). The second-order valence-electron chi connectivity index (χ2n) is 8.18. The smallest absolute Gasteiger partial charge is 0.328 e. The maximum atomic E-state index is 13.4. The number of amides is 1. The van der Waals surface area contributed by atoms with E-state index in [9.17, 15) is 9.36 Å². The van der Waals surface area contributed by atoms with Gasteiger partial charge in [0.05, 0.1) is 0 Å². The monoisotopic (exact) mass is 479 g/mol. The van der Waals surface area contributed by atoms with Crippen LogP contribution in [0.1, 0.15) is 45.2 Å². The minimum atomic E-state index is -1.19. The Labute approximate surface area is 198 Å². The minimum absolute atomic E-state index is 0.309. The number of aryl methyl sites for hydroxylation is 2. The van der Waals surface area contributed by atoms with Gasteiger partial charge in [0.2, 0.25) is 0 Å². The van der Waals surface area contributed by atoms with Crippen LogP contribution >= 0.6 is 20.3 Å². The lowest BCUT2D eigenvalue weighted by Gasteiger charge is -2.29. The number of H-pyrrole nitrogens is 1. The van der Waals surface area contributed by atoms with Crippen molar-refractivity contribution < 1.29 is 13.9 Å². The van der Waals surface area contributed by atoms with Crippen molar-refractivity contribution in [3.63, 3.8) is 0 Å². The molecular weight excluding hydrogens is 457 g/mol. The third-order valence-corrected chi connectivity index (χ3v) is 6.33. The number of fused-ring (bicyclic) bond motifs is 1. The molecule has 2 aromatic carbocycles. The van der Waals surface area contributed by atoms with Gasteiger partial charge in [-0.15, -0.1) is 0 Å². The molecule has 0 aliphatic heterocycles. The molecular formula is C25H23ClN3O3P. The van der Waals surface area contributed by atoms with Crippen LogP contribution in [0.2, 0.25) is 5.02 Å². The number of aromatic nitrogens is 2. The van der Waals surface area contributed by atoms with E-state index < -0.39 is 14.3 Å². The van der Waals surface area contributed by atoms with Crippen molar-refractivity contribution in [2.75, 3.05) is 0 Å². The van der Waals surface area contributed by atoms with Gasteiger partial charge in [-0.25, -0.2) is 4.57 Å². The number of carbonyl (C=O) groups excluding carboxylic acids is 1. The van der Waals surface area contributed by atoms with Crippen LogP contribution < -0.4 is 5.32 Å². The Balaban J connectivity index is 1.89. The number of halogens is 1. The summed E-state index contributed by atoms with van der Waals surface area (Å²) in [6.07, 6.45) is 3.35. The predicted octanol–water partition coefficient (Wildman–Crippen LogP) is 6.25. The number of carbonyl (C=O) groups is 1. The largest absolute Gasteiger partial charge is 0.350 e. The fourth-order valence-corrected chi connectivity index (χ4v) is 4.69. The summed E-state index contributed by atoms with van der Waals surface area (Å²) in [6.45, 7) is 6.12. The Morgan fingerprint density at radius 2 is 1.82 bits per heavy atom.